The number of benzene rings is 4. The van der Waals surface area contributed by atoms with Crippen molar-refractivity contribution >= 4 is 52.5 Å². The van der Waals surface area contributed by atoms with Crippen molar-refractivity contribution in [3.8, 4) is 34.5 Å². The summed E-state index contributed by atoms with van der Waals surface area (Å²) in [5.74, 6) is 3.12. The largest absolute Gasteiger partial charge is 0.493 e. The predicted octanol–water partition coefficient (Wildman–Crippen LogP) is 7.59. The lowest BCUT2D eigenvalue weighted by molar-refractivity contribution is 0.0809. The topological polar surface area (TPSA) is 147 Å². The number of hydrogen-bond acceptors (Lipinski definition) is 11. The molecule has 9 rings (SSSR count). The number of carbonyl (C=O) groups excluding carboxylic acids is 2. The highest BCUT2D eigenvalue weighted by Gasteiger charge is 2.35. The number of amides is 2. The van der Waals surface area contributed by atoms with Crippen LogP contribution in [0.1, 0.15) is 63.9 Å². The Labute approximate surface area is 329 Å². The van der Waals surface area contributed by atoms with E-state index in [4.69, 9.17) is 44.1 Å². The zero-order valence-electron chi connectivity index (χ0n) is 31.6. The fourth-order valence-electron chi connectivity index (χ4n) is 7.68. The number of anilines is 1. The minimum Gasteiger partial charge on any atom is -0.493 e. The molecule has 5 aliphatic rings. The Balaban J connectivity index is 0.788. The van der Waals surface area contributed by atoms with Crippen molar-refractivity contribution in [1.82, 2.24) is 9.80 Å². The van der Waals surface area contributed by atoms with Gasteiger partial charge in [0.15, 0.2) is 34.5 Å². The fraction of sp³-hybridized carbons (Fsp3) is 0.273. The Bertz CT molecular complexity index is 2390. The molecule has 0 saturated carbocycles. The Morgan fingerprint density at radius 3 is 1.74 bits per heavy atom. The van der Waals surface area contributed by atoms with Gasteiger partial charge in [0.1, 0.15) is 0 Å². The van der Waals surface area contributed by atoms with Gasteiger partial charge in [-0.3, -0.25) is 19.6 Å². The molecule has 0 spiro atoms. The predicted molar refractivity (Wildman–Crippen MR) is 216 cm³/mol. The Kier molecular flexibility index (Phi) is 9.49. The Hall–Kier alpha value is -6.76. The van der Waals surface area contributed by atoms with Crippen LogP contribution in [0.5, 0.6) is 34.5 Å². The molecule has 57 heavy (non-hydrogen) atoms. The molecule has 0 bridgehead atoms. The molecule has 5 aliphatic heterocycles. The molecule has 0 radical (unpaired) electrons. The fourth-order valence-corrected chi connectivity index (χ4v) is 7.68. The molecular formula is C44H41N5O8. The van der Waals surface area contributed by atoms with Gasteiger partial charge in [-0.05, 0) is 77.9 Å². The summed E-state index contributed by atoms with van der Waals surface area (Å²) in [6, 6.07) is 20.0. The lowest BCUT2D eigenvalue weighted by Crippen LogP contribution is -2.32. The summed E-state index contributed by atoms with van der Waals surface area (Å²) in [5.41, 5.74) is 12.6. The smallest absolute Gasteiger partial charge is 0.260 e. The number of nitrogen functional groups attached to an aromatic ring is 1. The van der Waals surface area contributed by atoms with Gasteiger partial charge in [-0.2, -0.15) is 0 Å². The highest BCUT2D eigenvalue weighted by Crippen LogP contribution is 2.43. The van der Waals surface area contributed by atoms with E-state index in [9.17, 15) is 9.59 Å². The molecule has 2 N–H and O–H groups in total. The van der Waals surface area contributed by atoms with Gasteiger partial charge in [-0.25, -0.2) is 0 Å². The van der Waals surface area contributed by atoms with E-state index < -0.39 is 0 Å². The van der Waals surface area contributed by atoms with Crippen molar-refractivity contribution in [2.75, 3.05) is 40.0 Å². The van der Waals surface area contributed by atoms with Crippen LogP contribution >= 0.6 is 0 Å². The molecule has 5 heterocycles. The summed E-state index contributed by atoms with van der Waals surface area (Å²) in [7, 11) is 3.12. The highest BCUT2D eigenvalue weighted by molar-refractivity contribution is 6.06. The van der Waals surface area contributed by atoms with Crippen LogP contribution in [0, 0.1) is 0 Å². The number of hydrogen-bond donors (Lipinski definition) is 1. The van der Waals surface area contributed by atoms with Gasteiger partial charge in [0.25, 0.3) is 11.8 Å². The van der Waals surface area contributed by atoms with Gasteiger partial charge in [0.05, 0.1) is 62.0 Å². The molecule has 2 atom stereocenters. The maximum atomic E-state index is 13.8. The van der Waals surface area contributed by atoms with Crippen LogP contribution in [-0.4, -0.2) is 80.4 Å². The average molecular weight is 768 g/mol. The van der Waals surface area contributed by atoms with Gasteiger partial charge in [-0.15, -0.1) is 0 Å². The number of nitrogens with two attached hydrogens (primary N) is 1. The van der Waals surface area contributed by atoms with E-state index >= 15 is 0 Å². The van der Waals surface area contributed by atoms with Crippen molar-refractivity contribution in [1.29, 1.82) is 0 Å². The quantitative estimate of drug-likeness (QED) is 0.114. The van der Waals surface area contributed by atoms with Crippen molar-refractivity contribution in [3.05, 3.63) is 101 Å². The van der Waals surface area contributed by atoms with Crippen LogP contribution in [-0.2, 0) is 0 Å². The second-order valence-corrected chi connectivity index (χ2v) is 14.3. The van der Waals surface area contributed by atoms with Crippen LogP contribution in [0.25, 0.3) is 11.1 Å². The van der Waals surface area contributed by atoms with E-state index in [-0.39, 0.29) is 30.7 Å². The summed E-state index contributed by atoms with van der Waals surface area (Å²) >= 11 is 0. The third-order valence-corrected chi connectivity index (χ3v) is 10.8. The first-order valence-electron chi connectivity index (χ1n) is 19.0. The van der Waals surface area contributed by atoms with Gasteiger partial charge in [0.2, 0.25) is 6.79 Å². The zero-order chi connectivity index (χ0) is 39.0. The minimum atomic E-state index is -0.214. The first-order chi connectivity index (χ1) is 27.9. The summed E-state index contributed by atoms with van der Waals surface area (Å²) < 4.78 is 34.6. The number of rotatable bonds is 12. The van der Waals surface area contributed by atoms with Crippen molar-refractivity contribution in [2.24, 2.45) is 9.98 Å². The van der Waals surface area contributed by atoms with E-state index in [1.165, 1.54) is 0 Å². The van der Waals surface area contributed by atoms with Crippen LogP contribution in [0.3, 0.4) is 0 Å². The number of aliphatic imine (C=N–C) groups is 2. The number of ether oxygens (including phenoxy) is 6. The third-order valence-electron chi connectivity index (χ3n) is 10.8. The van der Waals surface area contributed by atoms with Gasteiger partial charge < -0.3 is 44.0 Å². The molecule has 290 valence electrons. The van der Waals surface area contributed by atoms with Crippen molar-refractivity contribution < 1.29 is 38.0 Å². The summed E-state index contributed by atoms with van der Waals surface area (Å²) in [4.78, 5) is 40.3. The third kappa shape index (κ3) is 6.90. The van der Waals surface area contributed by atoms with E-state index in [1.807, 2.05) is 67.3 Å². The number of unbranched alkanes of at least 4 members (excludes halogenated alkanes) is 2. The molecular weight excluding hydrogens is 727 g/mol. The maximum absolute atomic E-state index is 13.8. The molecule has 0 saturated heterocycles. The maximum Gasteiger partial charge on any atom is 0.260 e. The molecule has 0 aliphatic carbocycles. The Morgan fingerprint density at radius 1 is 0.649 bits per heavy atom. The molecule has 0 unspecified atom stereocenters. The van der Waals surface area contributed by atoms with Crippen LogP contribution < -0.4 is 34.2 Å². The van der Waals surface area contributed by atoms with Crippen molar-refractivity contribution in [2.45, 2.75) is 44.2 Å². The number of nitrogens with zero attached hydrogens (tertiary/aromatic N) is 4. The van der Waals surface area contributed by atoms with Crippen LogP contribution in [0.15, 0.2) is 89.1 Å². The van der Waals surface area contributed by atoms with Gasteiger partial charge >= 0.3 is 0 Å². The first-order valence-corrected chi connectivity index (χ1v) is 19.0. The minimum absolute atomic E-state index is 0.141. The summed E-state index contributed by atoms with van der Waals surface area (Å²) in [5, 5.41) is 0. The zero-order valence-corrected chi connectivity index (χ0v) is 31.6. The Morgan fingerprint density at radius 2 is 1.18 bits per heavy atom. The molecule has 4 aromatic carbocycles. The van der Waals surface area contributed by atoms with Gasteiger partial charge in [0, 0.05) is 55.5 Å². The summed E-state index contributed by atoms with van der Waals surface area (Å²) in [6.07, 6.45) is 11.1. The number of methoxy groups -OCH3 is 2. The highest BCUT2D eigenvalue weighted by atomic mass is 16.7. The first kappa shape index (κ1) is 35.9. The lowest BCUT2D eigenvalue weighted by Gasteiger charge is -2.19. The average Bonchev–Trinajstić information content (AvgIpc) is 3.97. The lowest BCUT2D eigenvalue weighted by atomic mass is 10.0. The molecule has 0 aromatic heterocycles. The molecule has 13 nitrogen and oxygen atoms in total. The van der Waals surface area contributed by atoms with E-state index in [1.54, 1.807) is 48.3 Å². The second kappa shape index (κ2) is 15.1. The van der Waals surface area contributed by atoms with Crippen LogP contribution in [0.2, 0.25) is 0 Å². The second-order valence-electron chi connectivity index (χ2n) is 14.3. The summed E-state index contributed by atoms with van der Waals surface area (Å²) in [6.45, 7) is 1.09. The number of fused-ring (bicyclic) bond motifs is 5. The standard InChI is InChI=1S/C44H41N5O8/c1-52-38-17-33-35(46-21-31-14-28(23-48(31)43(33)50)26-6-9-30(45)10-7-26)19-41(38)54-12-4-3-5-13-55-42-20-36-34(18-39(42)53-2)44(51)49-24-29(15-32(49)22-47-36)27-8-11-37-40(16-27)57-25-56-37/h6-11,16-24,31-32H,3-5,12-15,25,45H2,1-2H3/t31-,32-/m0/s1. The molecule has 13 heteroatoms. The SMILES string of the molecule is COc1cc2c(cc1OCCCCCOc1cc3c(cc1OC)C(=O)N1C=C(c4ccc5c(c4)OCO5)C[C@H]1C=N3)N=C[C@@H]1CC(c3ccc(N)cc3)=CN1C2=O. The van der Waals surface area contributed by atoms with E-state index in [2.05, 4.69) is 0 Å². The van der Waals surface area contributed by atoms with Gasteiger partial charge in [-0.1, -0.05) is 18.2 Å². The molecule has 4 aromatic rings. The number of carbonyl (C=O) groups is 2. The molecule has 0 fully saturated rings. The van der Waals surface area contributed by atoms with E-state index in [0.29, 0.717) is 83.0 Å². The molecule has 2 amide bonds. The van der Waals surface area contributed by atoms with Crippen LogP contribution in [0.4, 0.5) is 17.1 Å². The van der Waals surface area contributed by atoms with E-state index in [0.717, 1.165) is 47.3 Å². The normalized spacial score (nSPS) is 18.6. The van der Waals surface area contributed by atoms with Crippen molar-refractivity contribution in [3.63, 3.8) is 0 Å². The monoisotopic (exact) mass is 767 g/mol.